The highest BCUT2D eigenvalue weighted by atomic mass is 32.1. The first-order valence-corrected chi connectivity index (χ1v) is 11.6. The minimum absolute atomic E-state index is 0.00497. The number of nitrogens with zero attached hydrogens (tertiary/aromatic N) is 1. The topological polar surface area (TPSA) is 52.2 Å². The largest absolute Gasteiger partial charge is 0.493 e. The van der Waals surface area contributed by atoms with Gasteiger partial charge in [-0.2, -0.15) is 0 Å². The maximum absolute atomic E-state index is 5.89. The monoisotopic (exact) mass is 478 g/mol. The summed E-state index contributed by atoms with van der Waals surface area (Å²) in [5, 5.41) is 4.10. The summed E-state index contributed by atoms with van der Waals surface area (Å²) in [6.45, 7) is 0.791. The number of ether oxygens (including phenoxy) is 4. The van der Waals surface area contributed by atoms with Crippen molar-refractivity contribution in [2.24, 2.45) is 0 Å². The summed E-state index contributed by atoms with van der Waals surface area (Å²) in [4.78, 5) is 2.26. The van der Waals surface area contributed by atoms with Gasteiger partial charge in [-0.15, -0.1) is 0 Å². The molecule has 0 aliphatic carbocycles. The molecule has 6 nitrogen and oxygen atoms in total. The molecule has 34 heavy (non-hydrogen) atoms. The molecular weight excluding hydrogens is 448 g/mol. The predicted molar refractivity (Wildman–Crippen MR) is 139 cm³/mol. The maximum atomic E-state index is 5.89. The Morgan fingerprint density at radius 2 is 1.50 bits per heavy atom. The molecule has 1 N–H and O–H groups in total. The van der Waals surface area contributed by atoms with E-state index in [0.717, 1.165) is 36.4 Å². The van der Waals surface area contributed by atoms with E-state index in [2.05, 4.69) is 28.4 Å². The Labute approximate surface area is 206 Å². The van der Waals surface area contributed by atoms with Crippen LogP contribution in [0.1, 0.15) is 22.7 Å². The average Bonchev–Trinajstić information content (AvgIpc) is 2.88. The number of fused-ring (bicyclic) bond motifs is 1. The summed E-state index contributed by atoms with van der Waals surface area (Å²) in [6.07, 6.45) is 1.59. The molecule has 0 saturated heterocycles. The summed E-state index contributed by atoms with van der Waals surface area (Å²) in [5.41, 5.74) is 4.51. The van der Waals surface area contributed by atoms with Crippen LogP contribution in [0.2, 0.25) is 0 Å². The van der Waals surface area contributed by atoms with Crippen molar-refractivity contribution in [3.63, 3.8) is 0 Å². The zero-order chi connectivity index (χ0) is 24.1. The molecule has 1 aliphatic heterocycles. The van der Waals surface area contributed by atoms with Gasteiger partial charge in [0.2, 0.25) is 0 Å². The smallest absolute Gasteiger partial charge is 0.173 e. The molecule has 0 amide bonds. The lowest BCUT2D eigenvalue weighted by atomic mass is 9.88. The van der Waals surface area contributed by atoms with Crippen LogP contribution in [0, 0.1) is 0 Å². The molecule has 7 heteroatoms. The summed E-state index contributed by atoms with van der Waals surface area (Å²) in [6, 6.07) is 20.2. The molecule has 1 aliphatic rings. The van der Waals surface area contributed by atoms with Crippen LogP contribution < -0.4 is 24.3 Å². The number of methoxy groups -OCH3 is 4. The Kier molecular flexibility index (Phi) is 7.43. The normalized spacial score (nSPS) is 14.7. The van der Waals surface area contributed by atoms with Crippen molar-refractivity contribution in [1.29, 1.82) is 0 Å². The van der Waals surface area contributed by atoms with Crippen molar-refractivity contribution in [3.05, 3.63) is 77.4 Å². The Hall–Kier alpha value is -3.45. The van der Waals surface area contributed by atoms with Gasteiger partial charge in [-0.3, -0.25) is 0 Å². The maximum Gasteiger partial charge on any atom is 0.173 e. The van der Waals surface area contributed by atoms with Crippen LogP contribution in [0.4, 0.5) is 5.69 Å². The fourth-order valence-electron chi connectivity index (χ4n) is 4.44. The van der Waals surface area contributed by atoms with Crippen molar-refractivity contribution in [2.45, 2.75) is 18.9 Å². The van der Waals surface area contributed by atoms with Crippen LogP contribution in [0.25, 0.3) is 0 Å². The van der Waals surface area contributed by atoms with Gasteiger partial charge in [0.25, 0.3) is 0 Å². The van der Waals surface area contributed by atoms with Crippen molar-refractivity contribution in [3.8, 4) is 23.0 Å². The molecule has 0 spiro atoms. The number of hydrogen-bond acceptors (Lipinski definition) is 5. The molecule has 3 aromatic carbocycles. The second-order valence-corrected chi connectivity index (χ2v) is 8.44. The van der Waals surface area contributed by atoms with E-state index < -0.39 is 0 Å². The highest BCUT2D eigenvalue weighted by molar-refractivity contribution is 7.80. The molecule has 0 saturated carbocycles. The van der Waals surface area contributed by atoms with E-state index in [-0.39, 0.29) is 6.04 Å². The summed E-state index contributed by atoms with van der Waals surface area (Å²) in [7, 11) is 6.62. The quantitative estimate of drug-likeness (QED) is 0.465. The van der Waals surface area contributed by atoms with Gasteiger partial charge in [0.05, 0.1) is 34.5 Å². The van der Waals surface area contributed by atoms with Crippen molar-refractivity contribution < 1.29 is 18.9 Å². The van der Waals surface area contributed by atoms with Gasteiger partial charge in [-0.25, -0.2) is 0 Å². The van der Waals surface area contributed by atoms with E-state index in [4.69, 9.17) is 31.2 Å². The molecule has 0 unspecified atom stereocenters. The van der Waals surface area contributed by atoms with Gasteiger partial charge in [-0.05, 0) is 78.1 Å². The van der Waals surface area contributed by atoms with Gasteiger partial charge >= 0.3 is 0 Å². The van der Waals surface area contributed by atoms with Crippen LogP contribution in [0.3, 0.4) is 0 Å². The highest BCUT2D eigenvalue weighted by Crippen LogP contribution is 2.40. The van der Waals surface area contributed by atoms with Crippen LogP contribution in [0.5, 0.6) is 23.0 Å². The van der Waals surface area contributed by atoms with Crippen LogP contribution in [-0.4, -0.2) is 45.0 Å². The highest BCUT2D eigenvalue weighted by Gasteiger charge is 2.31. The van der Waals surface area contributed by atoms with Crippen molar-refractivity contribution >= 4 is 23.0 Å². The first-order valence-electron chi connectivity index (χ1n) is 11.2. The number of rotatable bonds is 7. The van der Waals surface area contributed by atoms with E-state index in [9.17, 15) is 0 Å². The number of hydrogen-bond donors (Lipinski definition) is 1. The molecular formula is C27H30N2O4S. The van der Waals surface area contributed by atoms with E-state index in [1.807, 2.05) is 42.5 Å². The third-order valence-corrected chi connectivity index (χ3v) is 6.50. The standard InChI is InChI=1S/C27H30N2O4S/c1-30-23-11-10-18(15-24(23)31-2)14-22-21-17-26(33-4)25(32-3)16-19(21)12-13-29(22)27(34)28-20-8-6-5-7-9-20/h5-11,15-17,22H,12-14H2,1-4H3,(H,28,34)/t22-/m1/s1. The minimum atomic E-state index is 0.00497. The molecule has 0 bridgehead atoms. The van der Waals surface area contributed by atoms with E-state index in [0.29, 0.717) is 22.4 Å². The average molecular weight is 479 g/mol. The zero-order valence-corrected chi connectivity index (χ0v) is 20.8. The lowest BCUT2D eigenvalue weighted by molar-refractivity contribution is 0.295. The summed E-state index contributed by atoms with van der Waals surface area (Å²) >= 11 is 5.89. The van der Waals surface area contributed by atoms with Crippen molar-refractivity contribution in [2.75, 3.05) is 40.3 Å². The minimum Gasteiger partial charge on any atom is -0.493 e. The molecule has 0 aromatic heterocycles. The lowest BCUT2D eigenvalue weighted by Crippen LogP contribution is -2.43. The molecule has 178 valence electrons. The van der Waals surface area contributed by atoms with Gasteiger partial charge < -0.3 is 29.2 Å². The van der Waals surface area contributed by atoms with E-state index in [1.165, 1.54) is 11.1 Å². The predicted octanol–water partition coefficient (Wildman–Crippen LogP) is 5.26. The van der Waals surface area contributed by atoms with Gasteiger partial charge in [0.15, 0.2) is 28.1 Å². The lowest BCUT2D eigenvalue weighted by Gasteiger charge is -2.39. The summed E-state index contributed by atoms with van der Waals surface area (Å²) < 4.78 is 22.2. The number of nitrogens with one attached hydrogen (secondary N) is 1. The Bertz CT molecular complexity index is 1150. The van der Waals surface area contributed by atoms with Crippen LogP contribution >= 0.6 is 12.2 Å². The molecule has 0 radical (unpaired) electrons. The third kappa shape index (κ3) is 4.89. The zero-order valence-electron chi connectivity index (χ0n) is 20.0. The van der Waals surface area contributed by atoms with Gasteiger partial charge in [0.1, 0.15) is 0 Å². The summed E-state index contributed by atoms with van der Waals surface area (Å²) in [5.74, 6) is 2.87. The number of thiocarbonyl (C=S) groups is 1. The molecule has 3 aromatic rings. The second kappa shape index (κ2) is 10.7. The fourth-order valence-corrected chi connectivity index (χ4v) is 4.78. The molecule has 1 heterocycles. The van der Waals surface area contributed by atoms with Gasteiger partial charge in [0, 0.05) is 12.2 Å². The van der Waals surface area contributed by atoms with Crippen LogP contribution in [-0.2, 0) is 12.8 Å². The van der Waals surface area contributed by atoms with Crippen LogP contribution in [0.15, 0.2) is 60.7 Å². The van der Waals surface area contributed by atoms with E-state index in [1.54, 1.807) is 28.4 Å². The Morgan fingerprint density at radius 1 is 0.853 bits per heavy atom. The molecule has 4 rings (SSSR count). The van der Waals surface area contributed by atoms with Crippen molar-refractivity contribution in [1.82, 2.24) is 4.90 Å². The SMILES string of the molecule is COc1ccc(C[C@@H]2c3cc(OC)c(OC)cc3CCN2C(=S)Nc2ccccc2)cc1OC. The number of anilines is 1. The van der Waals surface area contributed by atoms with Gasteiger partial charge in [-0.1, -0.05) is 24.3 Å². The third-order valence-electron chi connectivity index (χ3n) is 6.17. The number of para-hydroxylation sites is 1. The first-order chi connectivity index (χ1) is 16.6. The second-order valence-electron chi connectivity index (χ2n) is 8.05. The first kappa shape index (κ1) is 23.7. The molecule has 0 fully saturated rings. The van der Waals surface area contributed by atoms with E-state index >= 15 is 0 Å². The Morgan fingerprint density at radius 3 is 2.18 bits per heavy atom. The number of benzene rings is 3. The fraction of sp³-hybridized carbons (Fsp3) is 0.296. The Balaban J connectivity index is 1.72. The molecule has 1 atom stereocenters.